The summed E-state index contributed by atoms with van der Waals surface area (Å²) in [4.78, 5) is 4.15. The van der Waals surface area contributed by atoms with Gasteiger partial charge in [0.2, 0.25) is 10.0 Å². The standard InChI is InChI=1S/C10H19N5O2S/c1-18(16,17)15-6-2-3-8(15)7-10(12)4-5-13-9(11)14-10/h4-5,8H,2-3,6-7,12H2,1H3,(H3,11,13,14). The summed E-state index contributed by atoms with van der Waals surface area (Å²) in [7, 11) is -3.18. The molecule has 2 heterocycles. The van der Waals surface area contributed by atoms with Crippen molar-refractivity contribution in [2.75, 3.05) is 12.8 Å². The fraction of sp³-hybridized carbons (Fsp3) is 0.700. The number of nitrogens with one attached hydrogen (secondary N) is 1. The second-order valence-corrected chi connectivity index (χ2v) is 6.77. The average Bonchev–Trinajstić information content (AvgIpc) is 2.63. The van der Waals surface area contributed by atoms with E-state index in [2.05, 4.69) is 10.3 Å². The molecule has 0 amide bonds. The van der Waals surface area contributed by atoms with E-state index < -0.39 is 15.7 Å². The molecule has 0 spiro atoms. The van der Waals surface area contributed by atoms with Gasteiger partial charge in [0.15, 0.2) is 5.96 Å². The van der Waals surface area contributed by atoms with Gasteiger partial charge in [-0.15, -0.1) is 0 Å². The van der Waals surface area contributed by atoms with Crippen molar-refractivity contribution in [3.05, 3.63) is 12.3 Å². The average molecular weight is 273 g/mol. The Hall–Kier alpha value is -1.12. The zero-order valence-electron chi connectivity index (χ0n) is 10.3. The molecule has 0 bridgehead atoms. The Morgan fingerprint density at radius 3 is 3.00 bits per heavy atom. The van der Waals surface area contributed by atoms with Gasteiger partial charge in [-0.2, -0.15) is 4.31 Å². The number of hydrogen-bond donors (Lipinski definition) is 3. The number of rotatable bonds is 3. The maximum Gasteiger partial charge on any atom is 0.211 e. The van der Waals surface area contributed by atoms with Crippen LogP contribution in [0.15, 0.2) is 17.3 Å². The first-order valence-electron chi connectivity index (χ1n) is 5.85. The molecule has 2 aliphatic rings. The lowest BCUT2D eigenvalue weighted by atomic mass is 10.00. The van der Waals surface area contributed by atoms with Gasteiger partial charge in [0, 0.05) is 25.2 Å². The van der Waals surface area contributed by atoms with Gasteiger partial charge < -0.3 is 16.8 Å². The van der Waals surface area contributed by atoms with Crippen LogP contribution in [-0.2, 0) is 10.0 Å². The third kappa shape index (κ3) is 2.82. The Labute approximate surface area is 107 Å². The van der Waals surface area contributed by atoms with Crippen LogP contribution in [0.2, 0.25) is 0 Å². The van der Waals surface area contributed by atoms with Gasteiger partial charge in [0.1, 0.15) is 5.66 Å². The maximum absolute atomic E-state index is 11.6. The summed E-state index contributed by atoms with van der Waals surface area (Å²) in [6.45, 7) is 0.556. The maximum atomic E-state index is 11.6. The lowest BCUT2D eigenvalue weighted by Crippen LogP contribution is -2.49. The molecule has 102 valence electrons. The SMILES string of the molecule is CS(=O)(=O)N1CCCC1CC1(N)C=CNC(N)=N1. The van der Waals surface area contributed by atoms with E-state index in [1.54, 1.807) is 12.3 Å². The topological polar surface area (TPSA) is 114 Å². The Morgan fingerprint density at radius 1 is 1.67 bits per heavy atom. The van der Waals surface area contributed by atoms with Crippen molar-refractivity contribution in [3.63, 3.8) is 0 Å². The van der Waals surface area contributed by atoms with Crippen LogP contribution in [0.4, 0.5) is 0 Å². The molecular formula is C10H19N5O2S. The van der Waals surface area contributed by atoms with Crippen molar-refractivity contribution in [1.29, 1.82) is 0 Å². The monoisotopic (exact) mass is 273 g/mol. The van der Waals surface area contributed by atoms with E-state index in [0.717, 1.165) is 12.8 Å². The molecule has 2 unspecified atom stereocenters. The predicted molar refractivity (Wildman–Crippen MR) is 70.0 cm³/mol. The molecular weight excluding hydrogens is 254 g/mol. The van der Waals surface area contributed by atoms with Crippen molar-refractivity contribution >= 4 is 16.0 Å². The van der Waals surface area contributed by atoms with Crippen molar-refractivity contribution in [2.24, 2.45) is 16.5 Å². The lowest BCUT2D eigenvalue weighted by molar-refractivity contribution is 0.323. The molecule has 18 heavy (non-hydrogen) atoms. The Kier molecular flexibility index (Phi) is 3.35. The smallest absolute Gasteiger partial charge is 0.211 e. The van der Waals surface area contributed by atoms with E-state index in [-0.39, 0.29) is 12.0 Å². The third-order valence-electron chi connectivity index (χ3n) is 3.24. The largest absolute Gasteiger partial charge is 0.370 e. The lowest BCUT2D eigenvalue weighted by Gasteiger charge is -2.31. The van der Waals surface area contributed by atoms with E-state index in [4.69, 9.17) is 11.5 Å². The summed E-state index contributed by atoms with van der Waals surface area (Å²) >= 11 is 0. The fourth-order valence-corrected chi connectivity index (χ4v) is 3.69. The van der Waals surface area contributed by atoms with Crippen LogP contribution in [0.1, 0.15) is 19.3 Å². The molecule has 1 saturated heterocycles. The van der Waals surface area contributed by atoms with Gasteiger partial charge in [-0.3, -0.25) is 0 Å². The minimum Gasteiger partial charge on any atom is -0.370 e. The zero-order valence-corrected chi connectivity index (χ0v) is 11.2. The first kappa shape index (κ1) is 13.3. The van der Waals surface area contributed by atoms with Gasteiger partial charge in [-0.05, 0) is 18.9 Å². The quantitative estimate of drug-likeness (QED) is 0.603. The molecule has 0 aromatic carbocycles. The Bertz CT molecular complexity index is 486. The molecule has 2 atom stereocenters. The number of sulfonamides is 1. The molecule has 2 aliphatic heterocycles. The number of nitrogens with zero attached hydrogens (tertiary/aromatic N) is 2. The van der Waals surface area contributed by atoms with Crippen molar-refractivity contribution in [1.82, 2.24) is 9.62 Å². The summed E-state index contributed by atoms with van der Waals surface area (Å²) in [6, 6.07) is -0.107. The molecule has 0 aliphatic carbocycles. The summed E-state index contributed by atoms with van der Waals surface area (Å²) in [6.07, 6.45) is 6.69. The molecule has 5 N–H and O–H groups in total. The highest BCUT2D eigenvalue weighted by Gasteiger charge is 2.37. The summed E-state index contributed by atoms with van der Waals surface area (Å²) in [5, 5.41) is 2.74. The second-order valence-electron chi connectivity index (χ2n) is 4.84. The first-order valence-corrected chi connectivity index (χ1v) is 7.70. The Balaban J connectivity index is 2.14. The zero-order chi connectivity index (χ0) is 13.4. The molecule has 1 fully saturated rings. The van der Waals surface area contributed by atoms with E-state index in [1.165, 1.54) is 10.6 Å². The molecule has 2 rings (SSSR count). The van der Waals surface area contributed by atoms with Crippen LogP contribution in [0.25, 0.3) is 0 Å². The summed E-state index contributed by atoms with van der Waals surface area (Å²) in [5.74, 6) is 0.254. The summed E-state index contributed by atoms with van der Waals surface area (Å²) in [5.41, 5.74) is 10.8. The van der Waals surface area contributed by atoms with Crippen molar-refractivity contribution in [2.45, 2.75) is 31.0 Å². The highest BCUT2D eigenvalue weighted by atomic mass is 32.2. The van der Waals surface area contributed by atoms with Crippen LogP contribution in [0.5, 0.6) is 0 Å². The normalized spacial score (nSPS) is 33.2. The number of guanidine groups is 1. The fourth-order valence-electron chi connectivity index (χ4n) is 2.51. The molecule has 7 nitrogen and oxygen atoms in total. The van der Waals surface area contributed by atoms with Crippen molar-refractivity contribution < 1.29 is 8.42 Å². The van der Waals surface area contributed by atoms with Crippen LogP contribution in [-0.4, -0.2) is 43.2 Å². The van der Waals surface area contributed by atoms with Crippen LogP contribution >= 0.6 is 0 Å². The van der Waals surface area contributed by atoms with Crippen LogP contribution < -0.4 is 16.8 Å². The number of nitrogens with two attached hydrogens (primary N) is 2. The Morgan fingerprint density at radius 2 is 2.39 bits per heavy atom. The molecule has 0 saturated carbocycles. The summed E-state index contributed by atoms with van der Waals surface area (Å²) < 4.78 is 24.8. The van der Waals surface area contributed by atoms with Gasteiger partial charge in [0.25, 0.3) is 0 Å². The minimum absolute atomic E-state index is 0.107. The van der Waals surface area contributed by atoms with Gasteiger partial charge in [-0.1, -0.05) is 0 Å². The number of aliphatic imine (C=N–C) groups is 1. The minimum atomic E-state index is -3.18. The van der Waals surface area contributed by atoms with Gasteiger partial charge in [-0.25, -0.2) is 13.4 Å². The van der Waals surface area contributed by atoms with Crippen molar-refractivity contribution in [3.8, 4) is 0 Å². The van der Waals surface area contributed by atoms with E-state index in [1.807, 2.05) is 0 Å². The van der Waals surface area contributed by atoms with E-state index in [0.29, 0.717) is 13.0 Å². The number of hydrogen-bond acceptors (Lipinski definition) is 6. The van der Waals surface area contributed by atoms with Gasteiger partial charge in [0.05, 0.1) is 6.26 Å². The van der Waals surface area contributed by atoms with Gasteiger partial charge >= 0.3 is 0 Å². The molecule has 0 aromatic rings. The first-order chi connectivity index (χ1) is 8.30. The second kappa shape index (κ2) is 4.52. The van der Waals surface area contributed by atoms with Crippen LogP contribution in [0, 0.1) is 0 Å². The van der Waals surface area contributed by atoms with E-state index >= 15 is 0 Å². The highest BCUT2D eigenvalue weighted by Crippen LogP contribution is 2.28. The molecule has 0 radical (unpaired) electrons. The molecule has 0 aromatic heterocycles. The van der Waals surface area contributed by atoms with E-state index in [9.17, 15) is 8.42 Å². The predicted octanol–water partition coefficient (Wildman–Crippen LogP) is -1.11. The highest BCUT2D eigenvalue weighted by molar-refractivity contribution is 7.88. The van der Waals surface area contributed by atoms with Crippen LogP contribution in [0.3, 0.4) is 0 Å². The molecule has 8 heteroatoms. The third-order valence-corrected chi connectivity index (χ3v) is 4.58.